The molecule has 1 N–H and O–H groups in total. The number of aliphatic hydroxyl groups excluding tert-OH is 1. The van der Waals surface area contributed by atoms with Crippen LogP contribution >= 0.6 is 0 Å². The summed E-state index contributed by atoms with van der Waals surface area (Å²) in [7, 11) is -3.64. The Morgan fingerprint density at radius 3 is 2.47 bits per heavy atom. The topological polar surface area (TPSA) is 81.4 Å². The van der Waals surface area contributed by atoms with E-state index in [-0.39, 0.29) is 31.0 Å². The lowest BCUT2D eigenvalue weighted by Crippen LogP contribution is -2.33. The summed E-state index contributed by atoms with van der Waals surface area (Å²) in [6, 6.07) is 8.16. The summed E-state index contributed by atoms with van der Waals surface area (Å²) in [5.41, 5.74) is 0.763. The molecule has 0 heterocycles. The summed E-state index contributed by atoms with van der Waals surface area (Å²) in [4.78, 5) is 0.143. The van der Waals surface area contributed by atoms with Crippen molar-refractivity contribution in [3.63, 3.8) is 0 Å². The van der Waals surface area contributed by atoms with Gasteiger partial charge in [-0.15, -0.1) is 6.58 Å². The Hall–Kier alpha value is -1.68. The summed E-state index contributed by atoms with van der Waals surface area (Å²) < 4.78 is 25.7. The fourth-order valence-corrected chi connectivity index (χ4v) is 2.99. The fraction of sp³-hybridized carbons (Fsp3) is 0.308. The summed E-state index contributed by atoms with van der Waals surface area (Å²) in [6.45, 7) is 3.42. The third kappa shape index (κ3) is 3.89. The molecule has 102 valence electrons. The van der Waals surface area contributed by atoms with Crippen LogP contribution in [0.5, 0.6) is 0 Å². The Morgan fingerprint density at radius 1 is 1.37 bits per heavy atom. The van der Waals surface area contributed by atoms with Crippen molar-refractivity contribution in [3.05, 3.63) is 42.5 Å². The molecule has 0 saturated heterocycles. The van der Waals surface area contributed by atoms with E-state index < -0.39 is 10.0 Å². The average Bonchev–Trinajstić information content (AvgIpc) is 2.39. The van der Waals surface area contributed by atoms with Gasteiger partial charge in [-0.25, -0.2) is 8.42 Å². The first-order chi connectivity index (χ1) is 9.06. The summed E-state index contributed by atoms with van der Waals surface area (Å²) >= 11 is 0. The van der Waals surface area contributed by atoms with Crippen LogP contribution in [0.2, 0.25) is 0 Å². The molecule has 0 amide bonds. The van der Waals surface area contributed by atoms with Crippen LogP contribution in [-0.4, -0.2) is 37.5 Å². The Morgan fingerprint density at radius 2 is 2.00 bits per heavy atom. The lowest BCUT2D eigenvalue weighted by Gasteiger charge is -2.19. The van der Waals surface area contributed by atoms with Crippen LogP contribution in [0.1, 0.15) is 5.56 Å². The highest BCUT2D eigenvalue weighted by Gasteiger charge is 2.22. The van der Waals surface area contributed by atoms with Gasteiger partial charge in [0, 0.05) is 13.1 Å². The van der Waals surface area contributed by atoms with E-state index in [1.54, 1.807) is 12.1 Å². The molecule has 19 heavy (non-hydrogen) atoms. The smallest absolute Gasteiger partial charge is 0.243 e. The largest absolute Gasteiger partial charge is 0.395 e. The minimum Gasteiger partial charge on any atom is -0.395 e. The molecule has 0 spiro atoms. The second-order valence-corrected chi connectivity index (χ2v) is 5.79. The van der Waals surface area contributed by atoms with Crippen molar-refractivity contribution in [3.8, 4) is 6.07 Å². The van der Waals surface area contributed by atoms with Gasteiger partial charge in [0.2, 0.25) is 10.0 Å². The quantitative estimate of drug-likeness (QED) is 0.753. The van der Waals surface area contributed by atoms with E-state index in [2.05, 4.69) is 6.58 Å². The first-order valence-corrected chi connectivity index (χ1v) is 7.18. The molecule has 0 aliphatic heterocycles. The lowest BCUT2D eigenvalue weighted by atomic mass is 10.2. The number of hydrogen-bond donors (Lipinski definition) is 1. The molecule has 1 rings (SSSR count). The molecule has 0 aliphatic rings. The number of nitrogens with zero attached hydrogens (tertiary/aromatic N) is 2. The normalized spacial score (nSPS) is 11.2. The molecular formula is C13H16N2O3S. The number of nitriles is 1. The molecule has 0 atom stereocenters. The van der Waals surface area contributed by atoms with Crippen molar-refractivity contribution in [2.75, 3.05) is 19.7 Å². The molecule has 0 radical (unpaired) electrons. The van der Waals surface area contributed by atoms with Crippen molar-refractivity contribution in [1.29, 1.82) is 5.26 Å². The molecule has 0 unspecified atom stereocenters. The minimum atomic E-state index is -3.64. The maximum absolute atomic E-state index is 12.3. The number of sulfonamides is 1. The highest BCUT2D eigenvalue weighted by molar-refractivity contribution is 7.89. The predicted octanol–water partition coefficient (Wildman–Crippen LogP) is 0.922. The van der Waals surface area contributed by atoms with Gasteiger partial charge < -0.3 is 5.11 Å². The summed E-state index contributed by atoms with van der Waals surface area (Å²) in [5, 5.41) is 17.5. The van der Waals surface area contributed by atoms with E-state index in [1.165, 1.54) is 18.2 Å². The van der Waals surface area contributed by atoms with Crippen LogP contribution in [0, 0.1) is 11.3 Å². The zero-order valence-corrected chi connectivity index (χ0v) is 11.3. The second-order valence-electron chi connectivity index (χ2n) is 3.85. The molecule has 0 bridgehead atoms. The van der Waals surface area contributed by atoms with Gasteiger partial charge in [-0.3, -0.25) is 0 Å². The van der Waals surface area contributed by atoms with Gasteiger partial charge in [0.25, 0.3) is 0 Å². The SMILES string of the molecule is C=CCN(CCO)S(=O)(=O)c1ccc(CC#N)cc1. The zero-order valence-electron chi connectivity index (χ0n) is 10.5. The van der Waals surface area contributed by atoms with Crippen molar-refractivity contribution < 1.29 is 13.5 Å². The van der Waals surface area contributed by atoms with Gasteiger partial charge in [0.05, 0.1) is 24.0 Å². The molecule has 0 aromatic heterocycles. The van der Waals surface area contributed by atoms with Crippen LogP contribution in [0.15, 0.2) is 41.8 Å². The molecular weight excluding hydrogens is 264 g/mol. The van der Waals surface area contributed by atoms with Crippen molar-refractivity contribution in [2.24, 2.45) is 0 Å². The highest BCUT2D eigenvalue weighted by atomic mass is 32.2. The average molecular weight is 280 g/mol. The van der Waals surface area contributed by atoms with Gasteiger partial charge in [-0.1, -0.05) is 18.2 Å². The van der Waals surface area contributed by atoms with Crippen molar-refractivity contribution >= 4 is 10.0 Å². The molecule has 0 fully saturated rings. The number of hydrogen-bond acceptors (Lipinski definition) is 4. The Kier molecular flexibility index (Phi) is 5.70. The van der Waals surface area contributed by atoms with E-state index in [0.29, 0.717) is 0 Å². The first-order valence-electron chi connectivity index (χ1n) is 5.74. The van der Waals surface area contributed by atoms with Crippen LogP contribution < -0.4 is 0 Å². The van der Waals surface area contributed by atoms with Gasteiger partial charge in [-0.2, -0.15) is 9.57 Å². The number of aliphatic hydroxyl groups is 1. The highest BCUT2D eigenvalue weighted by Crippen LogP contribution is 2.16. The van der Waals surface area contributed by atoms with Crippen LogP contribution in [0.4, 0.5) is 0 Å². The fourth-order valence-electron chi connectivity index (χ4n) is 1.58. The van der Waals surface area contributed by atoms with Gasteiger partial charge in [0.1, 0.15) is 0 Å². The third-order valence-corrected chi connectivity index (χ3v) is 4.41. The summed E-state index contributed by atoms with van der Waals surface area (Å²) in [6.07, 6.45) is 1.71. The Labute approximate surface area is 113 Å². The van der Waals surface area contributed by atoms with Gasteiger partial charge in [0.15, 0.2) is 0 Å². The third-order valence-electron chi connectivity index (χ3n) is 2.53. The monoisotopic (exact) mass is 280 g/mol. The standard InChI is InChI=1S/C13H16N2O3S/c1-2-9-15(10-11-16)19(17,18)13-5-3-12(4-6-13)7-8-14/h2-6,16H,1,7,9-11H2. The van der Waals surface area contributed by atoms with Gasteiger partial charge >= 0.3 is 0 Å². The molecule has 0 saturated carbocycles. The molecule has 6 heteroatoms. The summed E-state index contributed by atoms with van der Waals surface area (Å²) in [5.74, 6) is 0. The molecule has 0 aliphatic carbocycles. The van der Waals surface area contributed by atoms with Crippen LogP contribution in [-0.2, 0) is 16.4 Å². The van der Waals surface area contributed by atoms with E-state index in [1.807, 2.05) is 6.07 Å². The Balaban J connectivity index is 3.04. The predicted molar refractivity (Wildman–Crippen MR) is 71.8 cm³/mol. The van der Waals surface area contributed by atoms with Crippen LogP contribution in [0.25, 0.3) is 0 Å². The van der Waals surface area contributed by atoms with Crippen molar-refractivity contribution in [1.82, 2.24) is 4.31 Å². The number of rotatable bonds is 7. The van der Waals surface area contributed by atoms with Crippen LogP contribution in [0.3, 0.4) is 0 Å². The van der Waals surface area contributed by atoms with E-state index in [4.69, 9.17) is 10.4 Å². The van der Waals surface area contributed by atoms with E-state index >= 15 is 0 Å². The number of benzene rings is 1. The maximum atomic E-state index is 12.3. The molecule has 1 aromatic rings. The molecule has 1 aromatic carbocycles. The zero-order chi connectivity index (χ0) is 14.3. The maximum Gasteiger partial charge on any atom is 0.243 e. The lowest BCUT2D eigenvalue weighted by molar-refractivity contribution is 0.260. The molecule has 5 nitrogen and oxygen atoms in total. The minimum absolute atomic E-state index is 0.0221. The second kappa shape index (κ2) is 7.04. The van der Waals surface area contributed by atoms with Crippen molar-refractivity contribution in [2.45, 2.75) is 11.3 Å². The Bertz CT molecular complexity index is 559. The van der Waals surface area contributed by atoms with E-state index in [0.717, 1.165) is 9.87 Å². The van der Waals surface area contributed by atoms with E-state index in [9.17, 15) is 8.42 Å². The van der Waals surface area contributed by atoms with Gasteiger partial charge in [-0.05, 0) is 17.7 Å². The first kappa shape index (κ1) is 15.4.